The van der Waals surface area contributed by atoms with Crippen LogP contribution in [0.4, 0.5) is 5.69 Å². The minimum atomic E-state index is -0.679. The molecule has 1 aromatic carbocycles. The summed E-state index contributed by atoms with van der Waals surface area (Å²) in [7, 11) is 0. The summed E-state index contributed by atoms with van der Waals surface area (Å²) >= 11 is 1.94. The average Bonchev–Trinajstić information content (AvgIpc) is 2.36. The highest BCUT2D eigenvalue weighted by Crippen LogP contribution is 2.20. The summed E-state index contributed by atoms with van der Waals surface area (Å²) in [5.41, 5.74) is -0.574. The zero-order valence-corrected chi connectivity index (χ0v) is 12.6. The maximum absolute atomic E-state index is 12.0. The molecule has 1 amide bonds. The predicted octanol–water partition coefficient (Wildman–Crippen LogP) is 2.48. The van der Waals surface area contributed by atoms with E-state index in [1.165, 1.54) is 18.2 Å². The van der Waals surface area contributed by atoms with Crippen LogP contribution in [0, 0.1) is 30.4 Å². The summed E-state index contributed by atoms with van der Waals surface area (Å²) in [5, 5.41) is 22.1. The Morgan fingerprint density at radius 1 is 1.58 bits per heavy atom. The second-order valence-corrected chi connectivity index (χ2v) is 5.76. The van der Waals surface area contributed by atoms with Gasteiger partial charge in [-0.3, -0.25) is 14.9 Å². The number of nitrogens with one attached hydrogen (secondary N) is 1. The van der Waals surface area contributed by atoms with Crippen LogP contribution >= 0.6 is 22.6 Å². The van der Waals surface area contributed by atoms with Gasteiger partial charge in [0.2, 0.25) is 0 Å². The Kier molecular flexibility index (Phi) is 4.83. The van der Waals surface area contributed by atoms with Gasteiger partial charge in [0.1, 0.15) is 0 Å². The number of carbonyl (C=O) groups is 1. The molecule has 0 aliphatic carbocycles. The third-order valence-corrected chi connectivity index (χ3v) is 3.34. The summed E-state index contributed by atoms with van der Waals surface area (Å²) < 4.78 is 0.621. The number of hydrogen-bond acceptors (Lipinski definition) is 4. The van der Waals surface area contributed by atoms with Gasteiger partial charge in [0.15, 0.2) is 0 Å². The molecule has 0 saturated heterocycles. The molecule has 0 aromatic heterocycles. The molecule has 7 heteroatoms. The first kappa shape index (κ1) is 15.4. The van der Waals surface area contributed by atoms with Crippen LogP contribution in [0.2, 0.25) is 0 Å². The number of non-ortho nitro benzene ring substituents is 1. The van der Waals surface area contributed by atoms with Crippen LogP contribution in [0.5, 0.6) is 0 Å². The van der Waals surface area contributed by atoms with Gasteiger partial charge in [-0.25, -0.2) is 0 Å². The van der Waals surface area contributed by atoms with E-state index in [1.54, 1.807) is 13.8 Å². The van der Waals surface area contributed by atoms with Crippen molar-refractivity contribution in [3.05, 3.63) is 37.4 Å². The Labute approximate surface area is 124 Å². The first-order valence-electron chi connectivity index (χ1n) is 5.40. The number of hydrogen-bond donors (Lipinski definition) is 1. The molecule has 0 spiro atoms. The molecule has 0 radical (unpaired) electrons. The van der Waals surface area contributed by atoms with Gasteiger partial charge in [-0.2, -0.15) is 5.26 Å². The number of halogens is 1. The van der Waals surface area contributed by atoms with E-state index in [-0.39, 0.29) is 17.8 Å². The van der Waals surface area contributed by atoms with Crippen LogP contribution in [0.3, 0.4) is 0 Å². The number of benzene rings is 1. The first-order chi connectivity index (χ1) is 8.76. The fourth-order valence-corrected chi connectivity index (χ4v) is 1.82. The topological polar surface area (TPSA) is 96.0 Å². The van der Waals surface area contributed by atoms with Crippen LogP contribution in [0.15, 0.2) is 18.2 Å². The van der Waals surface area contributed by atoms with Gasteiger partial charge >= 0.3 is 0 Å². The minimum Gasteiger partial charge on any atom is -0.350 e. The molecule has 6 nitrogen and oxygen atoms in total. The standard InChI is InChI=1S/C12H12IN3O3/c1-12(2,6-14)7-15-11(17)9-5-8(16(18)19)3-4-10(9)13/h3-5H,7H2,1-2H3,(H,15,17). The number of nitriles is 1. The zero-order valence-electron chi connectivity index (χ0n) is 10.4. The van der Waals surface area contributed by atoms with E-state index in [0.29, 0.717) is 3.57 Å². The Morgan fingerprint density at radius 2 is 2.21 bits per heavy atom. The molecule has 0 aliphatic rings. The van der Waals surface area contributed by atoms with Gasteiger partial charge in [-0.15, -0.1) is 0 Å². The van der Waals surface area contributed by atoms with Crippen molar-refractivity contribution in [2.45, 2.75) is 13.8 Å². The summed E-state index contributed by atoms with van der Waals surface area (Å²) in [4.78, 5) is 22.1. The van der Waals surface area contributed by atoms with Crippen LogP contribution in [0.1, 0.15) is 24.2 Å². The van der Waals surface area contributed by atoms with Crippen LogP contribution in [-0.4, -0.2) is 17.4 Å². The molecular weight excluding hydrogens is 361 g/mol. The smallest absolute Gasteiger partial charge is 0.270 e. The summed E-state index contributed by atoms with van der Waals surface area (Å²) in [6.07, 6.45) is 0. The monoisotopic (exact) mass is 373 g/mol. The first-order valence-corrected chi connectivity index (χ1v) is 6.48. The number of rotatable bonds is 4. The van der Waals surface area contributed by atoms with Gasteiger partial charge < -0.3 is 5.32 Å². The second-order valence-electron chi connectivity index (χ2n) is 4.60. The Balaban J connectivity index is 2.91. The van der Waals surface area contributed by atoms with Gasteiger partial charge in [-0.1, -0.05) is 0 Å². The van der Waals surface area contributed by atoms with E-state index >= 15 is 0 Å². The lowest BCUT2D eigenvalue weighted by molar-refractivity contribution is -0.384. The van der Waals surface area contributed by atoms with Crippen LogP contribution in [0.25, 0.3) is 0 Å². The van der Waals surface area contributed by atoms with Crippen molar-refractivity contribution < 1.29 is 9.72 Å². The summed E-state index contributed by atoms with van der Waals surface area (Å²) in [5.74, 6) is -0.420. The van der Waals surface area contributed by atoms with Crippen molar-refractivity contribution in [1.82, 2.24) is 5.32 Å². The summed E-state index contributed by atoms with van der Waals surface area (Å²) in [6, 6.07) is 6.16. The number of amides is 1. The summed E-state index contributed by atoms with van der Waals surface area (Å²) in [6.45, 7) is 3.58. The fourth-order valence-electron chi connectivity index (χ4n) is 1.24. The van der Waals surface area contributed by atoms with E-state index in [9.17, 15) is 14.9 Å². The lowest BCUT2D eigenvalue weighted by Gasteiger charge is -2.16. The maximum atomic E-state index is 12.0. The van der Waals surface area contributed by atoms with Crippen LogP contribution in [-0.2, 0) is 0 Å². The van der Waals surface area contributed by atoms with Crippen molar-refractivity contribution in [3.63, 3.8) is 0 Å². The Bertz CT molecular complexity index is 564. The highest BCUT2D eigenvalue weighted by molar-refractivity contribution is 14.1. The van der Waals surface area contributed by atoms with Gasteiger partial charge in [0, 0.05) is 22.2 Å². The zero-order chi connectivity index (χ0) is 14.6. The van der Waals surface area contributed by atoms with Crippen molar-refractivity contribution in [1.29, 1.82) is 5.26 Å². The molecule has 1 aromatic rings. The van der Waals surface area contributed by atoms with Crippen molar-refractivity contribution in [2.24, 2.45) is 5.41 Å². The molecule has 1 rings (SSSR count). The largest absolute Gasteiger partial charge is 0.350 e. The molecule has 0 aliphatic heterocycles. The van der Waals surface area contributed by atoms with E-state index in [0.717, 1.165) is 0 Å². The van der Waals surface area contributed by atoms with Gasteiger partial charge in [0.05, 0.1) is 22.0 Å². The molecule has 0 atom stereocenters. The normalized spacial score (nSPS) is 10.6. The average molecular weight is 373 g/mol. The van der Waals surface area contributed by atoms with Crippen molar-refractivity contribution in [3.8, 4) is 6.07 Å². The third-order valence-electron chi connectivity index (χ3n) is 2.40. The van der Waals surface area contributed by atoms with Gasteiger partial charge in [0.25, 0.3) is 11.6 Å². The highest BCUT2D eigenvalue weighted by atomic mass is 127. The van der Waals surface area contributed by atoms with Crippen molar-refractivity contribution >= 4 is 34.2 Å². The number of nitro groups is 1. The lowest BCUT2D eigenvalue weighted by Crippen LogP contribution is -2.33. The van der Waals surface area contributed by atoms with Crippen molar-refractivity contribution in [2.75, 3.05) is 6.54 Å². The molecule has 100 valence electrons. The maximum Gasteiger partial charge on any atom is 0.270 e. The molecule has 1 N–H and O–H groups in total. The Hall–Kier alpha value is -1.69. The Morgan fingerprint density at radius 3 is 2.74 bits per heavy atom. The quantitative estimate of drug-likeness (QED) is 0.498. The van der Waals surface area contributed by atoms with E-state index < -0.39 is 16.2 Å². The molecule has 0 saturated carbocycles. The molecule has 0 unspecified atom stereocenters. The third kappa shape index (κ3) is 4.17. The van der Waals surface area contributed by atoms with E-state index in [2.05, 4.69) is 11.4 Å². The van der Waals surface area contributed by atoms with Crippen LogP contribution < -0.4 is 5.32 Å². The lowest BCUT2D eigenvalue weighted by atomic mass is 9.96. The van der Waals surface area contributed by atoms with Gasteiger partial charge in [-0.05, 0) is 42.5 Å². The second kappa shape index (κ2) is 5.97. The predicted molar refractivity (Wildman–Crippen MR) is 77.5 cm³/mol. The molecule has 19 heavy (non-hydrogen) atoms. The SMILES string of the molecule is CC(C)(C#N)CNC(=O)c1cc([N+](=O)[O-])ccc1I. The number of nitrogens with zero attached hydrogens (tertiary/aromatic N) is 2. The highest BCUT2D eigenvalue weighted by Gasteiger charge is 2.20. The van der Waals surface area contributed by atoms with E-state index in [1.807, 2.05) is 22.6 Å². The molecular formula is C12H12IN3O3. The fraction of sp³-hybridized carbons (Fsp3) is 0.333. The molecule has 0 heterocycles. The molecule has 0 bridgehead atoms. The molecule has 0 fully saturated rings. The minimum absolute atomic E-state index is 0.134. The number of nitro benzene ring substituents is 1. The number of carbonyl (C=O) groups excluding carboxylic acids is 1. The van der Waals surface area contributed by atoms with E-state index in [4.69, 9.17) is 5.26 Å².